The highest BCUT2D eigenvalue weighted by atomic mass is 32.2. The molecule has 0 saturated carbocycles. The first-order valence-electron chi connectivity index (χ1n) is 17.7. The van der Waals surface area contributed by atoms with Crippen LogP contribution in [-0.2, 0) is 34.8 Å². The van der Waals surface area contributed by atoms with Gasteiger partial charge in [0.05, 0.1) is 18.1 Å². The third kappa shape index (κ3) is 7.84. The number of rotatable bonds is 13. The lowest BCUT2D eigenvalue weighted by Gasteiger charge is -2.45. The lowest BCUT2D eigenvalue weighted by atomic mass is 9.96. The molecule has 2 heterocycles. The van der Waals surface area contributed by atoms with E-state index in [9.17, 15) is 23.1 Å². The predicted octanol–water partition coefficient (Wildman–Crippen LogP) is 4.35. The number of H-pyrrole nitrogens is 1. The Morgan fingerprint density at radius 2 is 1.39 bits per heavy atom. The Morgan fingerprint density at radius 3 is 1.94 bits per heavy atom. The van der Waals surface area contributed by atoms with Crippen molar-refractivity contribution >= 4 is 28.8 Å². The standard InChI is InChI=1S/C41H46N2O9SSi/c1-29-21-23-32(24-22-29)53(47,48)50-27-41(28-51-54(40(3,4)5,33-17-11-7-12-18-33)34-19-13-8-14-20-34)36(49-26-31-15-9-6-10-16-31)35(44)38(52-41)43-25-30(2)37(45)42-39(43)46/h6-25,35-36,38,44H,26-28H2,1-5H3,(H,42,45,46)/t35-,36+,38-,41-/m1/s1. The van der Waals surface area contributed by atoms with Crippen molar-refractivity contribution in [1.29, 1.82) is 0 Å². The van der Waals surface area contributed by atoms with Crippen LogP contribution >= 0.6 is 0 Å². The molecule has 0 bridgehead atoms. The number of nitrogens with zero attached hydrogens (tertiary/aromatic N) is 1. The van der Waals surface area contributed by atoms with E-state index in [1.807, 2.05) is 97.9 Å². The van der Waals surface area contributed by atoms with Crippen LogP contribution in [0.2, 0.25) is 5.04 Å². The molecule has 0 unspecified atom stereocenters. The van der Waals surface area contributed by atoms with Gasteiger partial charge >= 0.3 is 5.69 Å². The third-order valence-corrected chi connectivity index (χ3v) is 16.1. The summed E-state index contributed by atoms with van der Waals surface area (Å²) in [7, 11) is -7.69. The van der Waals surface area contributed by atoms with Crippen molar-refractivity contribution in [2.45, 2.75) is 75.2 Å². The second-order valence-electron chi connectivity index (χ2n) is 14.7. The molecular weight excluding hydrogens is 725 g/mol. The topological polar surface area (TPSA) is 146 Å². The molecule has 1 aliphatic heterocycles. The Bertz CT molecular complexity index is 2220. The molecule has 0 radical (unpaired) electrons. The van der Waals surface area contributed by atoms with E-state index in [2.05, 4.69) is 25.8 Å². The molecule has 4 atom stereocenters. The minimum Gasteiger partial charge on any atom is -0.404 e. The fraction of sp³-hybridized carbons (Fsp3) is 0.317. The van der Waals surface area contributed by atoms with Crippen molar-refractivity contribution in [3.8, 4) is 0 Å². The average Bonchev–Trinajstić information content (AvgIpc) is 3.43. The average molecular weight is 771 g/mol. The van der Waals surface area contributed by atoms with Gasteiger partial charge in [-0.05, 0) is 47.0 Å². The smallest absolute Gasteiger partial charge is 0.330 e. The van der Waals surface area contributed by atoms with Crippen molar-refractivity contribution in [2.24, 2.45) is 0 Å². The predicted molar refractivity (Wildman–Crippen MR) is 208 cm³/mol. The lowest BCUT2D eigenvalue weighted by Crippen LogP contribution is -2.68. The van der Waals surface area contributed by atoms with Gasteiger partial charge in [-0.3, -0.25) is 18.5 Å². The second kappa shape index (κ2) is 15.7. The van der Waals surface area contributed by atoms with E-state index >= 15 is 0 Å². The van der Waals surface area contributed by atoms with Crippen molar-refractivity contribution in [2.75, 3.05) is 13.2 Å². The molecule has 4 aromatic carbocycles. The van der Waals surface area contributed by atoms with Crippen LogP contribution in [0.5, 0.6) is 0 Å². The van der Waals surface area contributed by atoms with Gasteiger partial charge in [-0.15, -0.1) is 0 Å². The minimum atomic E-state index is -4.38. The number of aryl methyl sites for hydroxylation is 2. The molecule has 1 saturated heterocycles. The van der Waals surface area contributed by atoms with Crippen molar-refractivity contribution in [1.82, 2.24) is 9.55 Å². The largest absolute Gasteiger partial charge is 0.404 e. The second-order valence-corrected chi connectivity index (χ2v) is 20.7. The number of benzene rings is 4. The van der Waals surface area contributed by atoms with Crippen LogP contribution in [0.4, 0.5) is 0 Å². The summed E-state index contributed by atoms with van der Waals surface area (Å²) in [6, 6.07) is 35.3. The van der Waals surface area contributed by atoms with Gasteiger partial charge < -0.3 is 19.0 Å². The molecule has 6 rings (SSSR count). The molecule has 5 aromatic rings. The van der Waals surface area contributed by atoms with Crippen molar-refractivity contribution in [3.05, 3.63) is 159 Å². The van der Waals surface area contributed by atoms with Crippen LogP contribution in [0, 0.1) is 13.8 Å². The Balaban J connectivity index is 1.52. The van der Waals surface area contributed by atoms with Gasteiger partial charge in [0.25, 0.3) is 24.0 Å². The summed E-state index contributed by atoms with van der Waals surface area (Å²) in [5, 5.41) is 13.6. The maximum atomic E-state index is 13.8. The number of aliphatic hydroxyl groups excluding tert-OH is 1. The van der Waals surface area contributed by atoms with Crippen LogP contribution in [0.15, 0.2) is 136 Å². The quantitative estimate of drug-likeness (QED) is 0.132. The Morgan fingerprint density at radius 1 is 0.833 bits per heavy atom. The van der Waals surface area contributed by atoms with Gasteiger partial charge in [0.1, 0.15) is 24.4 Å². The molecule has 0 spiro atoms. The number of aliphatic hydroxyl groups is 1. The van der Waals surface area contributed by atoms with Crippen LogP contribution < -0.4 is 21.6 Å². The van der Waals surface area contributed by atoms with Gasteiger partial charge in [-0.2, -0.15) is 8.42 Å². The highest BCUT2D eigenvalue weighted by molar-refractivity contribution is 7.86. The Labute approximate surface area is 316 Å². The van der Waals surface area contributed by atoms with E-state index in [1.165, 1.54) is 25.3 Å². The number of ether oxygens (including phenoxy) is 2. The summed E-state index contributed by atoms with van der Waals surface area (Å²) in [5.41, 5.74) is -1.40. The molecule has 11 nitrogen and oxygen atoms in total. The monoisotopic (exact) mass is 770 g/mol. The van der Waals surface area contributed by atoms with Crippen molar-refractivity contribution in [3.63, 3.8) is 0 Å². The number of hydrogen-bond donors (Lipinski definition) is 2. The summed E-state index contributed by atoms with van der Waals surface area (Å²) < 4.78 is 55.1. The van der Waals surface area contributed by atoms with E-state index in [4.69, 9.17) is 18.1 Å². The zero-order chi connectivity index (χ0) is 38.7. The molecule has 0 amide bonds. The highest BCUT2D eigenvalue weighted by Crippen LogP contribution is 2.43. The Hall–Kier alpha value is -4.47. The number of aromatic nitrogens is 2. The van der Waals surface area contributed by atoms with E-state index in [0.717, 1.165) is 26.1 Å². The summed E-state index contributed by atoms with van der Waals surface area (Å²) in [6.07, 6.45) is -2.98. The molecular formula is C41H46N2O9SSi. The maximum Gasteiger partial charge on any atom is 0.330 e. The summed E-state index contributed by atoms with van der Waals surface area (Å²) >= 11 is 0. The fourth-order valence-corrected chi connectivity index (χ4v) is 12.6. The van der Waals surface area contributed by atoms with E-state index < -0.39 is 65.4 Å². The normalized spacial score (nSPS) is 20.6. The molecule has 1 aliphatic rings. The summed E-state index contributed by atoms with van der Waals surface area (Å²) in [5.74, 6) is 0. The van der Waals surface area contributed by atoms with E-state index in [0.29, 0.717) is 0 Å². The van der Waals surface area contributed by atoms with E-state index in [-0.39, 0.29) is 23.7 Å². The van der Waals surface area contributed by atoms with Crippen LogP contribution in [0.1, 0.15) is 43.7 Å². The molecule has 284 valence electrons. The molecule has 0 aliphatic carbocycles. The SMILES string of the molecule is Cc1ccc(S(=O)(=O)OC[C@]2(CO[Si](c3ccccc3)(c3ccccc3)C(C)(C)C)O[C@@H](n3cc(C)c(=O)[nH]c3=O)[C@H](O)[C@@H]2OCc2ccccc2)cc1. The van der Waals surface area contributed by atoms with Gasteiger partial charge in [-0.25, -0.2) is 4.79 Å². The van der Waals surface area contributed by atoms with Gasteiger partial charge in [0.2, 0.25) is 0 Å². The number of hydrogen-bond acceptors (Lipinski definition) is 9. The van der Waals surface area contributed by atoms with Gasteiger partial charge in [0, 0.05) is 11.8 Å². The van der Waals surface area contributed by atoms with Crippen LogP contribution in [-0.4, -0.2) is 62.4 Å². The first kappa shape index (κ1) is 39.2. The van der Waals surface area contributed by atoms with Gasteiger partial charge in [0.15, 0.2) is 6.23 Å². The summed E-state index contributed by atoms with van der Waals surface area (Å²) in [4.78, 5) is 27.9. The molecule has 1 fully saturated rings. The molecule has 1 aromatic heterocycles. The zero-order valence-corrected chi connectivity index (χ0v) is 32.8. The highest BCUT2D eigenvalue weighted by Gasteiger charge is 2.60. The van der Waals surface area contributed by atoms with Crippen LogP contribution in [0.25, 0.3) is 0 Å². The lowest BCUT2D eigenvalue weighted by molar-refractivity contribution is -0.156. The zero-order valence-electron chi connectivity index (χ0n) is 31.0. The maximum absolute atomic E-state index is 13.8. The van der Waals surface area contributed by atoms with E-state index in [1.54, 1.807) is 12.1 Å². The summed E-state index contributed by atoms with van der Waals surface area (Å²) in [6.45, 7) is 8.72. The third-order valence-electron chi connectivity index (χ3n) is 9.89. The molecule has 54 heavy (non-hydrogen) atoms. The number of nitrogens with one attached hydrogen (secondary N) is 1. The Kier molecular flexibility index (Phi) is 11.4. The fourth-order valence-electron chi connectivity index (χ4n) is 7.06. The van der Waals surface area contributed by atoms with Crippen molar-refractivity contribution < 1.29 is 31.6 Å². The van der Waals surface area contributed by atoms with Crippen LogP contribution in [0.3, 0.4) is 0 Å². The molecule has 13 heteroatoms. The number of aromatic amines is 1. The van der Waals surface area contributed by atoms with Gasteiger partial charge in [-0.1, -0.05) is 129 Å². The molecule has 2 N–H and O–H groups in total. The first-order valence-corrected chi connectivity index (χ1v) is 21.0. The minimum absolute atomic E-state index is 0.00384. The first-order chi connectivity index (χ1) is 25.7.